The average Bonchev–Trinajstić information content (AvgIpc) is 2.35. The van der Waals surface area contributed by atoms with Crippen molar-refractivity contribution in [3.8, 4) is 0 Å². The van der Waals surface area contributed by atoms with Crippen LogP contribution in [0.4, 0.5) is 0 Å². The van der Waals surface area contributed by atoms with Crippen molar-refractivity contribution >= 4 is 27.7 Å². The smallest absolute Gasteiger partial charge is 0.236 e. The zero-order valence-electron chi connectivity index (χ0n) is 11.4. The maximum atomic E-state index is 12.4. The lowest BCUT2D eigenvalue weighted by molar-refractivity contribution is 0.244. The van der Waals surface area contributed by atoms with E-state index in [4.69, 9.17) is 11.6 Å². The van der Waals surface area contributed by atoms with Gasteiger partial charge in [-0.2, -0.15) is 4.31 Å². The Morgan fingerprint density at radius 2 is 2.00 bits per heavy atom. The fourth-order valence-electron chi connectivity index (χ4n) is 2.03. The zero-order chi connectivity index (χ0) is 14.6. The largest absolute Gasteiger partial charge is 0.313 e. The summed E-state index contributed by atoms with van der Waals surface area (Å²) in [6.07, 6.45) is 2.42. The van der Waals surface area contributed by atoms with E-state index < -0.39 is 10.0 Å². The topological polar surface area (TPSA) is 49.4 Å². The Hall–Kier alpha value is -0.880. The molecule has 0 unspecified atom stereocenters. The second-order valence-electron chi connectivity index (χ2n) is 4.82. The van der Waals surface area contributed by atoms with Gasteiger partial charge in [0.05, 0.1) is 0 Å². The molecule has 0 amide bonds. The Balaban J connectivity index is 2.13. The summed E-state index contributed by atoms with van der Waals surface area (Å²) in [5.74, 6) is 0. The van der Waals surface area contributed by atoms with Crippen LogP contribution in [0.15, 0.2) is 29.7 Å². The van der Waals surface area contributed by atoms with Crippen LogP contribution < -0.4 is 5.32 Å². The van der Waals surface area contributed by atoms with Crippen molar-refractivity contribution in [2.45, 2.75) is 19.4 Å². The summed E-state index contributed by atoms with van der Waals surface area (Å²) in [5.41, 5.74) is 0.821. The first-order chi connectivity index (χ1) is 9.53. The lowest BCUT2D eigenvalue weighted by Crippen LogP contribution is -2.58. The molecule has 110 valence electrons. The molecular weight excluding hydrogens is 296 g/mol. The summed E-state index contributed by atoms with van der Waals surface area (Å²) in [7, 11) is -3.37. The van der Waals surface area contributed by atoms with Crippen LogP contribution in [0, 0.1) is 0 Å². The van der Waals surface area contributed by atoms with Gasteiger partial charge >= 0.3 is 0 Å². The Labute approximate surface area is 125 Å². The Morgan fingerprint density at radius 1 is 1.35 bits per heavy atom. The van der Waals surface area contributed by atoms with E-state index in [2.05, 4.69) is 5.32 Å². The first-order valence-electron chi connectivity index (χ1n) is 6.69. The molecule has 0 aliphatic carbocycles. The summed E-state index contributed by atoms with van der Waals surface area (Å²) in [4.78, 5) is 0. The predicted molar refractivity (Wildman–Crippen MR) is 83.1 cm³/mol. The first-order valence-corrected chi connectivity index (χ1v) is 8.57. The quantitative estimate of drug-likeness (QED) is 0.876. The third-order valence-electron chi connectivity index (χ3n) is 3.24. The number of rotatable bonds is 6. The molecule has 2 rings (SSSR count). The zero-order valence-corrected chi connectivity index (χ0v) is 13.0. The van der Waals surface area contributed by atoms with Crippen molar-refractivity contribution in [2.75, 3.05) is 19.6 Å². The summed E-state index contributed by atoms with van der Waals surface area (Å²) in [5, 5.41) is 5.03. The van der Waals surface area contributed by atoms with Crippen molar-refractivity contribution in [3.63, 3.8) is 0 Å². The minimum absolute atomic E-state index is 0.0785. The van der Waals surface area contributed by atoms with Crippen molar-refractivity contribution in [3.05, 3.63) is 40.3 Å². The lowest BCUT2D eigenvalue weighted by atomic mass is 10.2. The highest BCUT2D eigenvalue weighted by atomic mass is 35.5. The highest BCUT2D eigenvalue weighted by Gasteiger charge is 2.31. The molecular formula is C14H19ClN2O2S. The maximum absolute atomic E-state index is 12.4. The Bertz CT molecular complexity index is 565. The van der Waals surface area contributed by atoms with E-state index in [1.54, 1.807) is 34.6 Å². The molecule has 1 heterocycles. The van der Waals surface area contributed by atoms with E-state index in [9.17, 15) is 8.42 Å². The Kier molecular flexibility index (Phi) is 5.21. The molecule has 0 atom stereocenters. The van der Waals surface area contributed by atoms with E-state index in [1.165, 1.54) is 5.41 Å². The van der Waals surface area contributed by atoms with Crippen LogP contribution >= 0.6 is 11.6 Å². The van der Waals surface area contributed by atoms with Crippen LogP contribution in [0.2, 0.25) is 5.02 Å². The number of halogens is 1. The van der Waals surface area contributed by atoms with Gasteiger partial charge in [0.15, 0.2) is 0 Å². The highest BCUT2D eigenvalue weighted by molar-refractivity contribution is 7.92. The van der Waals surface area contributed by atoms with Crippen LogP contribution in [0.1, 0.15) is 18.9 Å². The van der Waals surface area contributed by atoms with Gasteiger partial charge in [-0.3, -0.25) is 0 Å². The van der Waals surface area contributed by atoms with Crippen molar-refractivity contribution in [2.24, 2.45) is 0 Å². The number of hydrogen-bond donors (Lipinski definition) is 1. The number of sulfonamides is 1. The fraction of sp³-hybridized carbons (Fsp3) is 0.429. The van der Waals surface area contributed by atoms with Gasteiger partial charge in [0.1, 0.15) is 0 Å². The molecule has 0 spiro atoms. The van der Waals surface area contributed by atoms with Crippen LogP contribution in [0.25, 0.3) is 6.08 Å². The fourth-order valence-corrected chi connectivity index (χ4v) is 3.64. The number of hydrogen-bond acceptors (Lipinski definition) is 3. The van der Waals surface area contributed by atoms with Gasteiger partial charge in [-0.25, -0.2) is 8.42 Å². The van der Waals surface area contributed by atoms with Gasteiger partial charge in [0, 0.05) is 36.1 Å². The molecule has 20 heavy (non-hydrogen) atoms. The van der Waals surface area contributed by atoms with Gasteiger partial charge in [0.25, 0.3) is 0 Å². The third-order valence-corrected chi connectivity index (χ3v) is 5.11. The molecule has 1 N–H and O–H groups in total. The van der Waals surface area contributed by atoms with Gasteiger partial charge in [-0.05, 0) is 30.2 Å². The normalized spacial score (nSPS) is 16.8. The van der Waals surface area contributed by atoms with Crippen molar-refractivity contribution in [1.82, 2.24) is 9.62 Å². The summed E-state index contributed by atoms with van der Waals surface area (Å²) in [6, 6.07) is 7.16. The minimum Gasteiger partial charge on any atom is -0.313 e. The van der Waals surface area contributed by atoms with Crippen molar-refractivity contribution in [1.29, 1.82) is 0 Å². The van der Waals surface area contributed by atoms with E-state index in [1.807, 2.05) is 6.92 Å². The third kappa shape index (κ3) is 3.82. The summed E-state index contributed by atoms with van der Waals surface area (Å²) >= 11 is 5.80. The standard InChI is InChI=1S/C14H19ClN2O2S/c1-2-8-17(14-10-16-11-14)20(18,19)9-7-12-3-5-13(15)6-4-12/h3-7,9,14,16H,2,8,10-11H2,1H3. The Morgan fingerprint density at radius 3 is 2.50 bits per heavy atom. The van der Waals surface area contributed by atoms with Crippen molar-refractivity contribution < 1.29 is 8.42 Å². The number of benzene rings is 1. The molecule has 0 aromatic heterocycles. The van der Waals surface area contributed by atoms with E-state index in [0.29, 0.717) is 11.6 Å². The molecule has 1 aliphatic rings. The van der Waals surface area contributed by atoms with E-state index in [-0.39, 0.29) is 6.04 Å². The van der Waals surface area contributed by atoms with Gasteiger partial charge in [-0.15, -0.1) is 0 Å². The number of nitrogens with zero attached hydrogens (tertiary/aromatic N) is 1. The second-order valence-corrected chi connectivity index (χ2v) is 7.03. The maximum Gasteiger partial charge on any atom is 0.236 e. The molecule has 1 aromatic carbocycles. The highest BCUT2D eigenvalue weighted by Crippen LogP contribution is 2.16. The molecule has 6 heteroatoms. The summed E-state index contributed by atoms with van der Waals surface area (Å²) < 4.78 is 26.3. The first kappa shape index (κ1) is 15.5. The van der Waals surface area contributed by atoms with Gasteiger partial charge in [0.2, 0.25) is 10.0 Å². The molecule has 1 saturated heterocycles. The molecule has 1 aliphatic heterocycles. The second kappa shape index (κ2) is 6.72. The number of nitrogens with one attached hydrogen (secondary N) is 1. The minimum atomic E-state index is -3.37. The van der Waals surface area contributed by atoms with E-state index in [0.717, 1.165) is 25.1 Å². The molecule has 0 saturated carbocycles. The monoisotopic (exact) mass is 314 g/mol. The lowest BCUT2D eigenvalue weighted by Gasteiger charge is -2.36. The van der Waals surface area contributed by atoms with Crippen LogP contribution in [-0.2, 0) is 10.0 Å². The molecule has 1 aromatic rings. The molecule has 0 radical (unpaired) electrons. The van der Waals surface area contributed by atoms with Gasteiger partial charge < -0.3 is 5.32 Å². The average molecular weight is 315 g/mol. The summed E-state index contributed by atoms with van der Waals surface area (Å²) in [6.45, 7) is 4.00. The van der Waals surface area contributed by atoms with E-state index >= 15 is 0 Å². The van der Waals surface area contributed by atoms with Crippen LogP contribution in [0.5, 0.6) is 0 Å². The molecule has 1 fully saturated rings. The van der Waals surface area contributed by atoms with Crippen LogP contribution in [-0.4, -0.2) is 38.4 Å². The molecule has 4 nitrogen and oxygen atoms in total. The van der Waals surface area contributed by atoms with Crippen LogP contribution in [0.3, 0.4) is 0 Å². The van der Waals surface area contributed by atoms with Gasteiger partial charge in [-0.1, -0.05) is 30.7 Å². The predicted octanol–water partition coefficient (Wildman–Crippen LogP) is 2.32. The SMILES string of the molecule is CCCN(C1CNC1)S(=O)(=O)C=Cc1ccc(Cl)cc1. The molecule has 0 bridgehead atoms.